The van der Waals surface area contributed by atoms with Gasteiger partial charge in [-0.05, 0) is 35.6 Å². The molecule has 0 aromatic carbocycles. The standard InChI is InChI=1S/C6H4ClFIN/c1-3-2-4(9)5(7)10-6(3)8/h2H,1H3. The highest BCUT2D eigenvalue weighted by Gasteiger charge is 2.03. The molecule has 0 fully saturated rings. The van der Waals surface area contributed by atoms with Gasteiger partial charge in [0.15, 0.2) is 0 Å². The predicted octanol–water partition coefficient (Wildman–Crippen LogP) is 2.79. The SMILES string of the molecule is Cc1cc(I)c(Cl)nc1F. The number of aromatic nitrogens is 1. The van der Waals surface area contributed by atoms with Gasteiger partial charge in [0, 0.05) is 5.56 Å². The summed E-state index contributed by atoms with van der Waals surface area (Å²) in [6.45, 7) is 1.65. The molecule has 54 valence electrons. The molecule has 1 aromatic heterocycles. The second-order valence-electron chi connectivity index (χ2n) is 1.87. The summed E-state index contributed by atoms with van der Waals surface area (Å²) in [6, 6.07) is 1.66. The van der Waals surface area contributed by atoms with Crippen molar-refractivity contribution >= 4 is 34.2 Å². The molecule has 0 saturated heterocycles. The summed E-state index contributed by atoms with van der Waals surface area (Å²) in [7, 11) is 0. The summed E-state index contributed by atoms with van der Waals surface area (Å²) in [5.41, 5.74) is 0.522. The fourth-order valence-corrected chi connectivity index (χ4v) is 1.25. The molecule has 0 N–H and O–H groups in total. The van der Waals surface area contributed by atoms with Gasteiger partial charge in [-0.15, -0.1) is 0 Å². The molecule has 1 heterocycles. The summed E-state index contributed by atoms with van der Waals surface area (Å²) in [4.78, 5) is 3.46. The van der Waals surface area contributed by atoms with Crippen LogP contribution in [-0.2, 0) is 0 Å². The van der Waals surface area contributed by atoms with Crippen LogP contribution >= 0.6 is 34.2 Å². The van der Waals surface area contributed by atoms with Crippen LogP contribution < -0.4 is 0 Å². The number of hydrogen-bond acceptors (Lipinski definition) is 1. The van der Waals surface area contributed by atoms with Gasteiger partial charge in [0.05, 0.1) is 3.57 Å². The van der Waals surface area contributed by atoms with Gasteiger partial charge in [-0.3, -0.25) is 0 Å². The summed E-state index contributed by atoms with van der Waals surface area (Å²) < 4.78 is 13.3. The Hall–Kier alpha value is 0.1000. The molecule has 0 bridgehead atoms. The first kappa shape index (κ1) is 8.20. The van der Waals surface area contributed by atoms with E-state index in [4.69, 9.17) is 11.6 Å². The summed E-state index contributed by atoms with van der Waals surface area (Å²) >= 11 is 7.53. The lowest BCUT2D eigenvalue weighted by Gasteiger charge is -1.97. The van der Waals surface area contributed by atoms with Gasteiger partial charge in [-0.25, -0.2) is 4.98 Å². The molecular weight excluding hydrogens is 267 g/mol. The third kappa shape index (κ3) is 1.58. The van der Waals surface area contributed by atoms with Gasteiger partial charge in [0.1, 0.15) is 5.15 Å². The van der Waals surface area contributed by atoms with E-state index in [0.717, 1.165) is 3.57 Å². The number of hydrogen-bond donors (Lipinski definition) is 0. The van der Waals surface area contributed by atoms with Crippen LogP contribution in [0.25, 0.3) is 0 Å². The summed E-state index contributed by atoms with van der Waals surface area (Å²) in [6.07, 6.45) is 0. The fourth-order valence-electron chi connectivity index (χ4n) is 0.537. The Labute approximate surface area is 76.7 Å². The molecule has 0 spiro atoms. The van der Waals surface area contributed by atoms with Crippen molar-refractivity contribution in [3.8, 4) is 0 Å². The first-order valence-corrected chi connectivity index (χ1v) is 4.05. The molecule has 0 atom stereocenters. The van der Waals surface area contributed by atoms with E-state index < -0.39 is 5.95 Å². The number of rotatable bonds is 0. The Morgan fingerprint density at radius 2 is 2.30 bits per heavy atom. The number of pyridine rings is 1. The van der Waals surface area contributed by atoms with Crippen molar-refractivity contribution in [1.82, 2.24) is 4.98 Å². The van der Waals surface area contributed by atoms with Crippen LogP contribution in [0.15, 0.2) is 6.07 Å². The normalized spacial score (nSPS) is 10.0. The van der Waals surface area contributed by atoms with Crippen LogP contribution in [0.5, 0.6) is 0 Å². The maximum Gasteiger partial charge on any atom is 0.217 e. The molecule has 1 aromatic rings. The number of nitrogens with zero attached hydrogens (tertiary/aromatic N) is 1. The summed E-state index contributed by atoms with van der Waals surface area (Å²) in [5, 5.41) is 0.226. The van der Waals surface area contributed by atoms with Crippen LogP contribution in [0, 0.1) is 16.4 Å². The van der Waals surface area contributed by atoms with Crippen molar-refractivity contribution in [2.24, 2.45) is 0 Å². The van der Waals surface area contributed by atoms with E-state index in [2.05, 4.69) is 4.98 Å². The van der Waals surface area contributed by atoms with Gasteiger partial charge in [-0.2, -0.15) is 4.39 Å². The van der Waals surface area contributed by atoms with Gasteiger partial charge in [0.25, 0.3) is 0 Å². The fraction of sp³-hybridized carbons (Fsp3) is 0.167. The van der Waals surface area contributed by atoms with Crippen LogP contribution in [0.4, 0.5) is 4.39 Å². The monoisotopic (exact) mass is 271 g/mol. The molecule has 10 heavy (non-hydrogen) atoms. The molecule has 1 rings (SSSR count). The van der Waals surface area contributed by atoms with E-state index >= 15 is 0 Å². The van der Waals surface area contributed by atoms with E-state index in [9.17, 15) is 4.39 Å². The lowest BCUT2D eigenvalue weighted by atomic mass is 10.3. The van der Waals surface area contributed by atoms with Crippen molar-refractivity contribution in [2.45, 2.75) is 6.92 Å². The second kappa shape index (κ2) is 3.00. The first-order valence-electron chi connectivity index (χ1n) is 2.59. The van der Waals surface area contributed by atoms with Gasteiger partial charge in [0.2, 0.25) is 5.95 Å². The van der Waals surface area contributed by atoms with Crippen LogP contribution in [-0.4, -0.2) is 4.98 Å². The van der Waals surface area contributed by atoms with E-state index in [1.807, 2.05) is 22.6 Å². The van der Waals surface area contributed by atoms with Crippen LogP contribution in [0.2, 0.25) is 5.15 Å². The zero-order valence-corrected chi connectivity index (χ0v) is 8.07. The molecule has 0 aliphatic heterocycles. The minimum Gasteiger partial charge on any atom is -0.206 e. The topological polar surface area (TPSA) is 12.9 Å². The van der Waals surface area contributed by atoms with E-state index in [-0.39, 0.29) is 5.15 Å². The smallest absolute Gasteiger partial charge is 0.206 e. The molecule has 0 aliphatic rings. The molecule has 1 nitrogen and oxygen atoms in total. The van der Waals surface area contributed by atoms with Gasteiger partial charge < -0.3 is 0 Å². The van der Waals surface area contributed by atoms with Crippen LogP contribution in [0.1, 0.15) is 5.56 Å². The molecule has 0 unspecified atom stereocenters. The molecule has 0 saturated carbocycles. The Balaban J connectivity index is 3.28. The lowest BCUT2D eigenvalue weighted by molar-refractivity contribution is 0.574. The first-order chi connectivity index (χ1) is 4.61. The van der Waals surface area contributed by atoms with Crippen molar-refractivity contribution in [3.05, 3.63) is 26.3 Å². The Kier molecular flexibility index (Phi) is 2.46. The minimum atomic E-state index is -0.495. The van der Waals surface area contributed by atoms with Crippen molar-refractivity contribution < 1.29 is 4.39 Å². The van der Waals surface area contributed by atoms with Crippen LogP contribution in [0.3, 0.4) is 0 Å². The zero-order valence-electron chi connectivity index (χ0n) is 5.16. The largest absolute Gasteiger partial charge is 0.217 e. The Morgan fingerprint density at radius 1 is 1.70 bits per heavy atom. The van der Waals surface area contributed by atoms with E-state index in [1.54, 1.807) is 13.0 Å². The zero-order chi connectivity index (χ0) is 7.72. The highest BCUT2D eigenvalue weighted by Crippen LogP contribution is 2.17. The molecule has 0 radical (unpaired) electrons. The molecule has 0 aliphatic carbocycles. The third-order valence-corrected chi connectivity index (χ3v) is 2.49. The minimum absolute atomic E-state index is 0.226. The van der Waals surface area contributed by atoms with E-state index in [1.165, 1.54) is 0 Å². The van der Waals surface area contributed by atoms with Crippen molar-refractivity contribution in [2.75, 3.05) is 0 Å². The highest BCUT2D eigenvalue weighted by atomic mass is 127. The van der Waals surface area contributed by atoms with E-state index in [0.29, 0.717) is 5.56 Å². The number of halogens is 3. The third-order valence-electron chi connectivity index (χ3n) is 1.06. The Morgan fingerprint density at radius 3 is 2.80 bits per heavy atom. The average Bonchev–Trinajstić information content (AvgIpc) is 1.84. The maximum absolute atomic E-state index is 12.6. The Bertz CT molecular complexity index is 214. The maximum atomic E-state index is 12.6. The highest BCUT2D eigenvalue weighted by molar-refractivity contribution is 14.1. The predicted molar refractivity (Wildman–Crippen MR) is 46.7 cm³/mol. The van der Waals surface area contributed by atoms with Crippen molar-refractivity contribution in [3.63, 3.8) is 0 Å². The second-order valence-corrected chi connectivity index (χ2v) is 3.39. The van der Waals surface area contributed by atoms with Gasteiger partial charge >= 0.3 is 0 Å². The molecule has 0 amide bonds. The molecular formula is C6H4ClFIN. The number of aryl methyl sites for hydroxylation is 1. The molecule has 4 heteroatoms. The van der Waals surface area contributed by atoms with Crippen molar-refractivity contribution in [1.29, 1.82) is 0 Å². The quantitative estimate of drug-likeness (QED) is 0.522. The van der Waals surface area contributed by atoms with Gasteiger partial charge in [-0.1, -0.05) is 11.6 Å². The summed E-state index contributed by atoms with van der Waals surface area (Å²) in [5.74, 6) is -0.495. The average molecular weight is 271 g/mol. The lowest BCUT2D eigenvalue weighted by Crippen LogP contribution is -1.90.